The molecule has 2 aromatic carbocycles. The van der Waals surface area contributed by atoms with Gasteiger partial charge in [0.25, 0.3) is 0 Å². The van der Waals surface area contributed by atoms with Crippen LogP contribution < -0.4 is 5.73 Å². The summed E-state index contributed by atoms with van der Waals surface area (Å²) in [5, 5.41) is 19.6. The number of amides is 1. The number of aliphatic hydroxyl groups excluding tert-OH is 1. The zero-order valence-electron chi connectivity index (χ0n) is 13.6. The summed E-state index contributed by atoms with van der Waals surface area (Å²) in [4.78, 5) is 12.7. The number of rotatable bonds is 8. The highest BCUT2D eigenvalue weighted by Gasteiger charge is 2.19. The van der Waals surface area contributed by atoms with E-state index in [1.807, 2.05) is 60.7 Å². The van der Waals surface area contributed by atoms with Gasteiger partial charge < -0.3 is 20.8 Å². The first-order valence-corrected chi connectivity index (χ1v) is 8.05. The maximum atomic E-state index is 11.4. The van der Waals surface area contributed by atoms with Crippen molar-refractivity contribution < 1.29 is 15.0 Å². The first-order valence-electron chi connectivity index (χ1n) is 8.05. The molecule has 0 heterocycles. The fourth-order valence-corrected chi connectivity index (χ4v) is 2.57. The van der Waals surface area contributed by atoms with Crippen LogP contribution in [0.4, 0.5) is 4.79 Å². The summed E-state index contributed by atoms with van der Waals surface area (Å²) >= 11 is 0. The highest BCUT2D eigenvalue weighted by molar-refractivity contribution is 5.65. The zero-order valence-corrected chi connectivity index (χ0v) is 13.6. The molecule has 128 valence electrons. The molecule has 0 aliphatic heterocycles. The van der Waals surface area contributed by atoms with Crippen LogP contribution >= 0.6 is 0 Å². The Morgan fingerprint density at radius 2 is 1.54 bits per heavy atom. The van der Waals surface area contributed by atoms with Gasteiger partial charge in [0.05, 0.1) is 6.10 Å². The van der Waals surface area contributed by atoms with Gasteiger partial charge >= 0.3 is 6.09 Å². The Hall–Kier alpha value is -2.37. The van der Waals surface area contributed by atoms with Crippen molar-refractivity contribution in [3.05, 3.63) is 71.8 Å². The summed E-state index contributed by atoms with van der Waals surface area (Å²) in [7, 11) is 0. The smallest absolute Gasteiger partial charge is 0.407 e. The Bertz CT molecular complexity index is 619. The molecule has 2 aromatic rings. The van der Waals surface area contributed by atoms with E-state index >= 15 is 0 Å². The van der Waals surface area contributed by atoms with E-state index in [2.05, 4.69) is 0 Å². The lowest BCUT2D eigenvalue weighted by Gasteiger charge is -2.24. The number of aliphatic hydroxyl groups is 1. The van der Waals surface area contributed by atoms with Crippen LogP contribution in [0.2, 0.25) is 0 Å². The Balaban J connectivity index is 1.85. The van der Waals surface area contributed by atoms with E-state index in [1.165, 1.54) is 4.90 Å². The quantitative estimate of drug-likeness (QED) is 0.695. The van der Waals surface area contributed by atoms with E-state index in [0.29, 0.717) is 19.4 Å². The van der Waals surface area contributed by atoms with Crippen molar-refractivity contribution in [2.45, 2.75) is 31.5 Å². The molecule has 0 spiro atoms. The van der Waals surface area contributed by atoms with Crippen LogP contribution in [0.5, 0.6) is 0 Å². The Kier molecular flexibility index (Phi) is 6.78. The summed E-state index contributed by atoms with van der Waals surface area (Å²) < 4.78 is 0. The number of hydrogen-bond donors (Lipinski definition) is 3. The molecule has 0 bridgehead atoms. The molecule has 2 unspecified atom stereocenters. The van der Waals surface area contributed by atoms with Gasteiger partial charge in [0.2, 0.25) is 0 Å². The van der Waals surface area contributed by atoms with Crippen LogP contribution in [-0.4, -0.2) is 39.9 Å². The molecule has 5 heteroatoms. The minimum Gasteiger partial charge on any atom is -0.465 e. The number of nitrogens with zero attached hydrogens (tertiary/aromatic N) is 1. The van der Waals surface area contributed by atoms with Crippen molar-refractivity contribution >= 4 is 6.09 Å². The molecular formula is C19H24N2O3. The topological polar surface area (TPSA) is 86.8 Å². The summed E-state index contributed by atoms with van der Waals surface area (Å²) in [5.74, 6) is 0. The van der Waals surface area contributed by atoms with Crippen LogP contribution in [0.3, 0.4) is 0 Å². The summed E-state index contributed by atoms with van der Waals surface area (Å²) in [6.45, 7) is 0.546. The number of nitrogens with two attached hydrogens (primary N) is 1. The molecule has 1 amide bonds. The predicted octanol–water partition coefficient (Wildman–Crippen LogP) is 2.49. The molecule has 0 aromatic heterocycles. The highest BCUT2D eigenvalue weighted by Crippen LogP contribution is 2.10. The SMILES string of the molecule is NC(Cc1ccccc1)C(O)CCN(Cc1ccccc1)C(=O)O. The minimum atomic E-state index is -0.998. The third kappa shape index (κ3) is 5.68. The van der Waals surface area contributed by atoms with Gasteiger partial charge in [0, 0.05) is 19.1 Å². The van der Waals surface area contributed by atoms with E-state index in [0.717, 1.165) is 11.1 Å². The molecular weight excluding hydrogens is 304 g/mol. The molecule has 0 aliphatic rings. The normalized spacial score (nSPS) is 13.2. The van der Waals surface area contributed by atoms with Gasteiger partial charge in [-0.1, -0.05) is 60.7 Å². The molecule has 0 fully saturated rings. The number of carboxylic acid groups (broad SMARTS) is 1. The van der Waals surface area contributed by atoms with Crippen LogP contribution in [0, 0.1) is 0 Å². The summed E-state index contributed by atoms with van der Waals surface area (Å²) in [6.07, 6.45) is -0.869. The van der Waals surface area contributed by atoms with E-state index < -0.39 is 18.2 Å². The maximum absolute atomic E-state index is 11.4. The Morgan fingerprint density at radius 1 is 1.00 bits per heavy atom. The molecule has 0 saturated carbocycles. The molecule has 0 saturated heterocycles. The average Bonchev–Trinajstić information content (AvgIpc) is 2.59. The third-order valence-electron chi connectivity index (χ3n) is 3.99. The Labute approximate surface area is 142 Å². The van der Waals surface area contributed by atoms with Crippen molar-refractivity contribution in [3.63, 3.8) is 0 Å². The van der Waals surface area contributed by atoms with Crippen molar-refractivity contribution in [1.82, 2.24) is 4.90 Å². The lowest BCUT2D eigenvalue weighted by Crippen LogP contribution is -2.40. The van der Waals surface area contributed by atoms with Gasteiger partial charge in [-0.3, -0.25) is 0 Å². The zero-order chi connectivity index (χ0) is 17.4. The molecule has 2 atom stereocenters. The van der Waals surface area contributed by atoms with E-state index in [1.54, 1.807) is 0 Å². The summed E-state index contributed by atoms with van der Waals surface area (Å²) in [5.41, 5.74) is 8.03. The second-order valence-electron chi connectivity index (χ2n) is 5.90. The monoisotopic (exact) mass is 328 g/mol. The minimum absolute atomic E-state index is 0.244. The van der Waals surface area contributed by atoms with Crippen LogP contribution in [0.15, 0.2) is 60.7 Å². The van der Waals surface area contributed by atoms with Crippen molar-refractivity contribution in [3.8, 4) is 0 Å². The fourth-order valence-electron chi connectivity index (χ4n) is 2.57. The first-order chi connectivity index (χ1) is 11.6. The van der Waals surface area contributed by atoms with Crippen molar-refractivity contribution in [1.29, 1.82) is 0 Å². The van der Waals surface area contributed by atoms with Gasteiger partial charge in [0.15, 0.2) is 0 Å². The van der Waals surface area contributed by atoms with Gasteiger partial charge in [-0.25, -0.2) is 4.79 Å². The number of benzene rings is 2. The summed E-state index contributed by atoms with van der Waals surface area (Å²) in [6, 6.07) is 18.7. The van der Waals surface area contributed by atoms with Gasteiger partial charge in [-0.05, 0) is 24.0 Å². The van der Waals surface area contributed by atoms with Crippen molar-refractivity contribution in [2.75, 3.05) is 6.54 Å². The highest BCUT2D eigenvalue weighted by atomic mass is 16.4. The molecule has 0 radical (unpaired) electrons. The Morgan fingerprint density at radius 3 is 2.08 bits per heavy atom. The molecule has 5 nitrogen and oxygen atoms in total. The molecule has 0 aliphatic carbocycles. The van der Waals surface area contributed by atoms with E-state index in [-0.39, 0.29) is 6.54 Å². The predicted molar refractivity (Wildman–Crippen MR) is 93.6 cm³/mol. The van der Waals surface area contributed by atoms with E-state index in [9.17, 15) is 15.0 Å². The molecule has 4 N–H and O–H groups in total. The van der Waals surface area contributed by atoms with Gasteiger partial charge in [-0.15, -0.1) is 0 Å². The second kappa shape index (κ2) is 9.05. The lowest BCUT2D eigenvalue weighted by molar-refractivity contribution is 0.105. The second-order valence-corrected chi connectivity index (χ2v) is 5.90. The maximum Gasteiger partial charge on any atom is 0.407 e. The lowest BCUT2D eigenvalue weighted by atomic mass is 10.00. The number of hydrogen-bond acceptors (Lipinski definition) is 3. The van der Waals surface area contributed by atoms with Crippen LogP contribution in [-0.2, 0) is 13.0 Å². The average molecular weight is 328 g/mol. The fraction of sp³-hybridized carbons (Fsp3) is 0.316. The third-order valence-corrected chi connectivity index (χ3v) is 3.99. The molecule has 2 rings (SSSR count). The van der Waals surface area contributed by atoms with Gasteiger partial charge in [0.1, 0.15) is 0 Å². The largest absolute Gasteiger partial charge is 0.465 e. The van der Waals surface area contributed by atoms with E-state index in [4.69, 9.17) is 5.73 Å². The van der Waals surface area contributed by atoms with Gasteiger partial charge in [-0.2, -0.15) is 0 Å². The van der Waals surface area contributed by atoms with Crippen LogP contribution in [0.1, 0.15) is 17.5 Å². The molecule has 24 heavy (non-hydrogen) atoms. The number of carbonyl (C=O) groups is 1. The standard InChI is InChI=1S/C19H24N2O3/c20-17(13-15-7-3-1-4-8-15)18(22)11-12-21(19(23)24)14-16-9-5-2-6-10-16/h1-10,17-18,22H,11-14,20H2,(H,23,24). The first kappa shape index (κ1) is 18.0. The van der Waals surface area contributed by atoms with Crippen LogP contribution in [0.25, 0.3) is 0 Å². The van der Waals surface area contributed by atoms with Crippen molar-refractivity contribution in [2.24, 2.45) is 5.73 Å².